The van der Waals surface area contributed by atoms with Crippen molar-refractivity contribution in [3.05, 3.63) is 0 Å². The van der Waals surface area contributed by atoms with Crippen LogP contribution in [0.5, 0.6) is 0 Å². The maximum Gasteiger partial charge on any atom is 0.472 e. The standard InChI is InChI=1S/C38H75O10P/c1-3-5-7-9-11-13-14-15-16-17-18-19-20-22-23-25-27-29-37(41)45-33-36(34-47-49(43,44)46-32-35(40)31-39)48-38(42)30-28-26-24-21-12-10-8-6-4-2/h35-36,39-40H,3-34H2,1-2H3,(H,43,44)/t35-,36+/m0/s1. The summed E-state index contributed by atoms with van der Waals surface area (Å²) in [7, 11) is -4.60. The van der Waals surface area contributed by atoms with Crippen molar-refractivity contribution in [2.24, 2.45) is 0 Å². The monoisotopic (exact) mass is 723 g/mol. The van der Waals surface area contributed by atoms with Gasteiger partial charge in [-0.05, 0) is 12.8 Å². The number of carbonyl (C=O) groups is 2. The summed E-state index contributed by atoms with van der Waals surface area (Å²) >= 11 is 0. The van der Waals surface area contributed by atoms with Crippen molar-refractivity contribution in [1.82, 2.24) is 0 Å². The first-order valence-electron chi connectivity index (χ1n) is 20.0. The molecule has 0 bridgehead atoms. The second-order valence-electron chi connectivity index (χ2n) is 13.7. The third-order valence-corrected chi connectivity index (χ3v) is 9.71. The Labute approximate surface area is 299 Å². The molecule has 0 aliphatic heterocycles. The molecule has 0 saturated carbocycles. The summed E-state index contributed by atoms with van der Waals surface area (Å²) < 4.78 is 32.6. The van der Waals surface area contributed by atoms with Gasteiger partial charge in [0.25, 0.3) is 0 Å². The van der Waals surface area contributed by atoms with Gasteiger partial charge in [-0.2, -0.15) is 0 Å². The second-order valence-corrected chi connectivity index (χ2v) is 15.1. The van der Waals surface area contributed by atoms with Gasteiger partial charge in [-0.25, -0.2) is 4.57 Å². The first kappa shape index (κ1) is 48.0. The average molecular weight is 723 g/mol. The summed E-state index contributed by atoms with van der Waals surface area (Å²) in [6.07, 6.45) is 29.4. The topological polar surface area (TPSA) is 149 Å². The molecule has 3 N–H and O–H groups in total. The first-order valence-corrected chi connectivity index (χ1v) is 21.5. The minimum absolute atomic E-state index is 0.190. The van der Waals surface area contributed by atoms with Crippen molar-refractivity contribution in [3.63, 3.8) is 0 Å². The number of phosphoric acid groups is 1. The fourth-order valence-electron chi connectivity index (χ4n) is 5.64. The van der Waals surface area contributed by atoms with Crippen LogP contribution in [-0.4, -0.2) is 65.7 Å². The number of rotatable bonds is 38. The van der Waals surface area contributed by atoms with Gasteiger partial charge in [0.15, 0.2) is 6.10 Å². The fraction of sp³-hybridized carbons (Fsp3) is 0.947. The van der Waals surface area contributed by atoms with Gasteiger partial charge in [0, 0.05) is 12.8 Å². The van der Waals surface area contributed by atoms with Crippen LogP contribution in [0.1, 0.15) is 194 Å². The molecule has 0 spiro atoms. The Morgan fingerprint density at radius 1 is 0.531 bits per heavy atom. The lowest BCUT2D eigenvalue weighted by atomic mass is 10.0. The number of aliphatic hydroxyl groups is 2. The zero-order chi connectivity index (χ0) is 36.3. The molecule has 0 radical (unpaired) electrons. The highest BCUT2D eigenvalue weighted by Gasteiger charge is 2.27. The van der Waals surface area contributed by atoms with Crippen molar-refractivity contribution in [1.29, 1.82) is 0 Å². The number of aliphatic hydroxyl groups excluding tert-OH is 2. The number of ether oxygens (including phenoxy) is 2. The van der Waals surface area contributed by atoms with Gasteiger partial charge in [-0.3, -0.25) is 18.6 Å². The molecule has 292 valence electrons. The van der Waals surface area contributed by atoms with Gasteiger partial charge in [0.05, 0.1) is 19.8 Å². The maximum absolute atomic E-state index is 12.5. The summed E-state index contributed by atoms with van der Waals surface area (Å²) in [4.78, 5) is 34.8. The highest BCUT2D eigenvalue weighted by atomic mass is 31.2. The van der Waals surface area contributed by atoms with Gasteiger partial charge < -0.3 is 24.6 Å². The van der Waals surface area contributed by atoms with E-state index in [0.717, 1.165) is 32.1 Å². The van der Waals surface area contributed by atoms with Crippen LogP contribution in [-0.2, 0) is 32.7 Å². The lowest BCUT2D eigenvalue weighted by Gasteiger charge is -2.20. The Morgan fingerprint density at radius 3 is 1.27 bits per heavy atom. The Balaban J connectivity index is 4.22. The predicted molar refractivity (Wildman–Crippen MR) is 196 cm³/mol. The van der Waals surface area contributed by atoms with Crippen molar-refractivity contribution < 1.29 is 47.8 Å². The van der Waals surface area contributed by atoms with E-state index >= 15 is 0 Å². The van der Waals surface area contributed by atoms with Gasteiger partial charge in [-0.1, -0.05) is 168 Å². The van der Waals surface area contributed by atoms with Crippen LogP contribution in [0.2, 0.25) is 0 Å². The number of unbranched alkanes of at least 4 members (excludes halogenated alkanes) is 24. The minimum Gasteiger partial charge on any atom is -0.462 e. The first-order chi connectivity index (χ1) is 23.7. The van der Waals surface area contributed by atoms with E-state index in [1.807, 2.05) is 0 Å². The summed E-state index contributed by atoms with van der Waals surface area (Å²) in [5.41, 5.74) is 0. The molecule has 0 amide bonds. The van der Waals surface area contributed by atoms with Crippen LogP contribution in [0.15, 0.2) is 0 Å². The molecule has 0 aliphatic rings. The summed E-state index contributed by atoms with van der Waals surface area (Å²) in [6, 6.07) is 0. The van der Waals surface area contributed by atoms with E-state index in [1.165, 1.54) is 122 Å². The van der Waals surface area contributed by atoms with Crippen molar-refractivity contribution >= 4 is 19.8 Å². The van der Waals surface area contributed by atoms with Crippen LogP contribution in [0, 0.1) is 0 Å². The Bertz CT molecular complexity index is 796. The SMILES string of the molecule is CCCCCCCCCCCCCCCCCCCC(=O)OC[C@H](COP(=O)(O)OC[C@@H](O)CO)OC(=O)CCCCCCCCCCC. The van der Waals surface area contributed by atoms with Crippen molar-refractivity contribution in [2.75, 3.05) is 26.4 Å². The lowest BCUT2D eigenvalue weighted by Crippen LogP contribution is -2.29. The van der Waals surface area contributed by atoms with Crippen molar-refractivity contribution in [3.8, 4) is 0 Å². The molecule has 10 nitrogen and oxygen atoms in total. The molecule has 1 unspecified atom stereocenters. The summed E-state index contributed by atoms with van der Waals surface area (Å²) in [6.45, 7) is 2.37. The second kappa shape index (κ2) is 35.4. The molecular weight excluding hydrogens is 647 g/mol. The number of carbonyl (C=O) groups excluding carboxylic acids is 2. The van der Waals surface area contributed by atoms with Crippen molar-refractivity contribution in [2.45, 2.75) is 206 Å². The molecule has 0 saturated heterocycles. The van der Waals surface area contributed by atoms with Gasteiger partial charge in [-0.15, -0.1) is 0 Å². The van der Waals surface area contributed by atoms with Gasteiger partial charge in [0.1, 0.15) is 12.7 Å². The largest absolute Gasteiger partial charge is 0.472 e. The number of esters is 2. The van der Waals surface area contributed by atoms with Crippen LogP contribution in [0.3, 0.4) is 0 Å². The van der Waals surface area contributed by atoms with Crippen LogP contribution < -0.4 is 0 Å². The molecule has 0 aromatic carbocycles. The quantitative estimate of drug-likeness (QED) is 0.0319. The molecule has 0 aromatic rings. The molecule has 0 heterocycles. The smallest absolute Gasteiger partial charge is 0.462 e. The number of phosphoric ester groups is 1. The van der Waals surface area contributed by atoms with Gasteiger partial charge in [0.2, 0.25) is 0 Å². The summed E-state index contributed by atoms with van der Waals surface area (Å²) in [5.74, 6) is -0.916. The molecule has 0 fully saturated rings. The molecule has 0 aliphatic carbocycles. The number of hydrogen-bond acceptors (Lipinski definition) is 9. The normalized spacial score (nSPS) is 14.0. The van der Waals surface area contributed by atoms with Crippen LogP contribution in [0.4, 0.5) is 0 Å². The summed E-state index contributed by atoms with van der Waals surface area (Å²) in [5, 5.41) is 18.3. The van der Waals surface area contributed by atoms with E-state index < -0.39 is 51.8 Å². The number of hydrogen-bond donors (Lipinski definition) is 3. The van der Waals surface area contributed by atoms with Crippen LogP contribution >= 0.6 is 7.82 Å². The van der Waals surface area contributed by atoms with E-state index in [2.05, 4.69) is 18.4 Å². The van der Waals surface area contributed by atoms with E-state index in [1.54, 1.807) is 0 Å². The Kier molecular flexibility index (Phi) is 34.6. The highest BCUT2D eigenvalue weighted by Crippen LogP contribution is 2.43. The third kappa shape index (κ3) is 35.2. The Hall–Kier alpha value is -1.03. The van der Waals surface area contributed by atoms with E-state index in [4.69, 9.17) is 19.1 Å². The zero-order valence-electron chi connectivity index (χ0n) is 31.4. The fourth-order valence-corrected chi connectivity index (χ4v) is 6.43. The van der Waals surface area contributed by atoms with E-state index in [-0.39, 0.29) is 19.4 Å². The highest BCUT2D eigenvalue weighted by molar-refractivity contribution is 7.47. The van der Waals surface area contributed by atoms with E-state index in [9.17, 15) is 24.2 Å². The average Bonchev–Trinajstić information content (AvgIpc) is 3.09. The molecular formula is C38H75O10P. The molecule has 0 rings (SSSR count). The molecule has 3 atom stereocenters. The maximum atomic E-state index is 12.5. The lowest BCUT2D eigenvalue weighted by molar-refractivity contribution is -0.161. The minimum atomic E-state index is -4.60. The van der Waals surface area contributed by atoms with Crippen LogP contribution in [0.25, 0.3) is 0 Å². The van der Waals surface area contributed by atoms with Gasteiger partial charge >= 0.3 is 19.8 Å². The van der Waals surface area contributed by atoms with E-state index in [0.29, 0.717) is 12.8 Å². The molecule has 11 heteroatoms. The Morgan fingerprint density at radius 2 is 0.878 bits per heavy atom. The zero-order valence-corrected chi connectivity index (χ0v) is 32.3. The molecule has 49 heavy (non-hydrogen) atoms. The third-order valence-electron chi connectivity index (χ3n) is 8.76. The predicted octanol–water partition coefficient (Wildman–Crippen LogP) is 9.89. The molecule has 0 aromatic heterocycles.